The summed E-state index contributed by atoms with van der Waals surface area (Å²) in [5.41, 5.74) is 1.55. The lowest BCUT2D eigenvalue weighted by atomic mass is 9.97. The third kappa shape index (κ3) is 3.84. The number of thiazole rings is 1. The molecule has 2 heterocycles. The van der Waals surface area contributed by atoms with E-state index < -0.39 is 0 Å². The second-order valence-electron chi connectivity index (χ2n) is 6.79. The summed E-state index contributed by atoms with van der Waals surface area (Å²) < 4.78 is 6.66. The van der Waals surface area contributed by atoms with E-state index in [1.54, 1.807) is 23.5 Å². The van der Waals surface area contributed by atoms with E-state index in [0.29, 0.717) is 47.0 Å². The minimum atomic E-state index is -0.0467. The van der Waals surface area contributed by atoms with Crippen molar-refractivity contribution in [1.82, 2.24) is 9.88 Å². The smallest absolute Gasteiger partial charge is 0.253 e. The maximum Gasteiger partial charge on any atom is 0.253 e. The number of fused-ring (bicyclic) bond motifs is 1. The monoisotopic (exact) mass is 434 g/mol. The Kier molecular flexibility index (Phi) is 5.76. The van der Waals surface area contributed by atoms with E-state index in [-0.39, 0.29) is 5.91 Å². The second kappa shape index (κ2) is 8.27. The lowest BCUT2D eigenvalue weighted by molar-refractivity contribution is 0.0713. The molecule has 1 saturated heterocycles. The average molecular weight is 435 g/mol. The third-order valence-electron chi connectivity index (χ3n) is 4.98. The molecule has 0 atom stereocenters. The van der Waals surface area contributed by atoms with Crippen LogP contribution in [0.4, 0.5) is 0 Å². The molecule has 3 aromatic rings. The molecular formula is C21H20Cl2N2O2S. The number of hydrogen-bond acceptors (Lipinski definition) is 4. The molecule has 2 aromatic carbocycles. The number of rotatable bonds is 4. The van der Waals surface area contributed by atoms with E-state index in [1.807, 2.05) is 30.0 Å². The highest BCUT2D eigenvalue weighted by atomic mass is 35.5. The molecule has 0 N–H and O–H groups in total. The Labute approximate surface area is 178 Å². The molecule has 1 aromatic heterocycles. The molecule has 0 spiro atoms. The lowest BCUT2D eigenvalue weighted by Crippen LogP contribution is -2.37. The molecule has 28 heavy (non-hydrogen) atoms. The highest BCUT2D eigenvalue weighted by molar-refractivity contribution is 7.18. The van der Waals surface area contributed by atoms with Crippen LogP contribution in [0.1, 0.15) is 41.0 Å². The molecular weight excluding hydrogens is 415 g/mol. The summed E-state index contributed by atoms with van der Waals surface area (Å²) in [7, 11) is 0. The molecule has 1 aliphatic rings. The molecule has 0 saturated carbocycles. The Morgan fingerprint density at radius 3 is 2.54 bits per heavy atom. The maximum atomic E-state index is 12.9. The minimum Gasteiger partial charge on any atom is -0.491 e. The van der Waals surface area contributed by atoms with Crippen molar-refractivity contribution in [1.29, 1.82) is 0 Å². The maximum absolute atomic E-state index is 12.9. The summed E-state index contributed by atoms with van der Waals surface area (Å²) in [4.78, 5) is 19.6. The predicted octanol–water partition coefficient (Wildman–Crippen LogP) is 6.02. The lowest BCUT2D eigenvalue weighted by Gasteiger charge is -2.31. The molecule has 7 heteroatoms. The van der Waals surface area contributed by atoms with Gasteiger partial charge in [-0.1, -0.05) is 35.3 Å². The van der Waals surface area contributed by atoms with E-state index in [9.17, 15) is 4.79 Å². The van der Waals surface area contributed by atoms with Gasteiger partial charge >= 0.3 is 0 Å². The van der Waals surface area contributed by atoms with Crippen LogP contribution in [0.3, 0.4) is 0 Å². The number of amides is 1. The number of nitrogens with zero attached hydrogens (tertiary/aromatic N) is 2. The molecule has 1 aliphatic heterocycles. The SMILES string of the molecule is CCOc1c(Cl)cc(C(=O)N2CCC(c3nc4ccccc4s3)CC2)cc1Cl. The van der Waals surface area contributed by atoms with Gasteiger partial charge in [0.25, 0.3) is 5.91 Å². The standard InChI is InChI=1S/C21H20Cl2N2O2S/c1-2-27-19-15(22)11-14(12-16(19)23)21(26)25-9-7-13(8-10-25)20-24-17-5-3-4-6-18(17)28-20/h3-6,11-13H,2,7-10H2,1H3. The average Bonchev–Trinajstić information content (AvgIpc) is 3.14. The molecule has 1 fully saturated rings. The summed E-state index contributed by atoms with van der Waals surface area (Å²) >= 11 is 14.3. The zero-order valence-electron chi connectivity index (χ0n) is 15.5. The van der Waals surface area contributed by atoms with Crippen molar-refractivity contribution in [3.63, 3.8) is 0 Å². The highest BCUT2D eigenvalue weighted by Crippen LogP contribution is 2.36. The fourth-order valence-corrected chi connectivity index (χ4v) is 5.28. The summed E-state index contributed by atoms with van der Waals surface area (Å²) in [6.07, 6.45) is 1.81. The van der Waals surface area contributed by atoms with Crippen LogP contribution in [-0.2, 0) is 0 Å². The van der Waals surface area contributed by atoms with Gasteiger partial charge in [0.05, 0.1) is 31.9 Å². The third-order valence-corrected chi connectivity index (χ3v) is 6.74. The number of hydrogen-bond donors (Lipinski definition) is 0. The van der Waals surface area contributed by atoms with Gasteiger partial charge in [0.1, 0.15) is 0 Å². The fraction of sp³-hybridized carbons (Fsp3) is 0.333. The molecule has 1 amide bonds. The Balaban J connectivity index is 1.45. The van der Waals surface area contributed by atoms with E-state index in [4.69, 9.17) is 32.9 Å². The number of piperidine rings is 1. The molecule has 4 rings (SSSR count). The predicted molar refractivity (Wildman–Crippen MR) is 115 cm³/mol. The fourth-order valence-electron chi connectivity index (χ4n) is 3.54. The van der Waals surface area contributed by atoms with Crippen LogP contribution >= 0.6 is 34.5 Å². The number of ether oxygens (including phenoxy) is 1. The van der Waals surface area contributed by atoms with Crippen molar-refractivity contribution in [2.24, 2.45) is 0 Å². The van der Waals surface area contributed by atoms with E-state index in [1.165, 1.54) is 9.71 Å². The van der Waals surface area contributed by atoms with Gasteiger partial charge in [-0.05, 0) is 44.0 Å². The first-order valence-electron chi connectivity index (χ1n) is 9.33. The van der Waals surface area contributed by atoms with Gasteiger partial charge < -0.3 is 9.64 Å². The summed E-state index contributed by atoms with van der Waals surface area (Å²) in [5.74, 6) is 0.778. The Morgan fingerprint density at radius 1 is 1.21 bits per heavy atom. The van der Waals surface area contributed by atoms with Crippen molar-refractivity contribution in [2.45, 2.75) is 25.7 Å². The van der Waals surface area contributed by atoms with Crippen LogP contribution in [0.25, 0.3) is 10.2 Å². The Hall–Kier alpha value is -1.82. The zero-order valence-corrected chi connectivity index (χ0v) is 17.8. The van der Waals surface area contributed by atoms with Gasteiger partial charge in [0.15, 0.2) is 5.75 Å². The van der Waals surface area contributed by atoms with Gasteiger partial charge in [-0.2, -0.15) is 0 Å². The van der Waals surface area contributed by atoms with E-state index in [0.717, 1.165) is 18.4 Å². The van der Waals surface area contributed by atoms with Crippen LogP contribution in [0.15, 0.2) is 36.4 Å². The Bertz CT molecular complexity index is 957. The number of benzene rings is 2. The highest BCUT2D eigenvalue weighted by Gasteiger charge is 2.27. The van der Waals surface area contributed by atoms with Gasteiger partial charge in [0.2, 0.25) is 0 Å². The molecule has 0 unspecified atom stereocenters. The second-order valence-corrected chi connectivity index (χ2v) is 8.66. The number of carbonyl (C=O) groups excluding carboxylic acids is 1. The number of aromatic nitrogens is 1. The van der Waals surface area contributed by atoms with E-state index >= 15 is 0 Å². The number of likely N-dealkylation sites (tertiary alicyclic amines) is 1. The van der Waals surface area contributed by atoms with Gasteiger partial charge in [-0.25, -0.2) is 4.98 Å². The van der Waals surface area contributed by atoms with Crippen molar-refractivity contribution in [3.05, 3.63) is 57.0 Å². The molecule has 0 radical (unpaired) electrons. The van der Waals surface area contributed by atoms with E-state index in [2.05, 4.69) is 6.07 Å². The van der Waals surface area contributed by atoms with Crippen LogP contribution in [0.2, 0.25) is 10.0 Å². The van der Waals surface area contributed by atoms with Crippen LogP contribution < -0.4 is 4.74 Å². The van der Waals surface area contributed by atoms with Gasteiger partial charge in [-0.3, -0.25) is 4.79 Å². The normalized spacial score (nSPS) is 15.2. The molecule has 0 bridgehead atoms. The molecule has 4 nitrogen and oxygen atoms in total. The first kappa shape index (κ1) is 19.5. The summed E-state index contributed by atoms with van der Waals surface area (Å²) in [5, 5.41) is 1.89. The Morgan fingerprint density at radius 2 is 1.89 bits per heavy atom. The van der Waals surface area contributed by atoms with Crippen molar-refractivity contribution in [3.8, 4) is 5.75 Å². The largest absolute Gasteiger partial charge is 0.491 e. The van der Waals surface area contributed by atoms with Crippen LogP contribution in [-0.4, -0.2) is 35.5 Å². The number of carbonyl (C=O) groups is 1. The van der Waals surface area contributed by atoms with Gasteiger partial charge in [0, 0.05) is 24.6 Å². The number of para-hydroxylation sites is 1. The zero-order chi connectivity index (χ0) is 19.7. The minimum absolute atomic E-state index is 0.0467. The first-order chi connectivity index (χ1) is 13.6. The topological polar surface area (TPSA) is 42.4 Å². The number of halogens is 2. The van der Waals surface area contributed by atoms with Crippen LogP contribution in [0, 0.1) is 0 Å². The quantitative estimate of drug-likeness (QED) is 0.503. The van der Waals surface area contributed by atoms with Gasteiger partial charge in [-0.15, -0.1) is 11.3 Å². The van der Waals surface area contributed by atoms with Crippen molar-refractivity contribution in [2.75, 3.05) is 19.7 Å². The summed E-state index contributed by atoms with van der Waals surface area (Å²) in [6, 6.07) is 11.5. The van der Waals surface area contributed by atoms with Crippen molar-refractivity contribution < 1.29 is 9.53 Å². The van der Waals surface area contributed by atoms with Crippen molar-refractivity contribution >= 4 is 50.7 Å². The first-order valence-corrected chi connectivity index (χ1v) is 10.9. The molecule has 0 aliphatic carbocycles. The summed E-state index contributed by atoms with van der Waals surface area (Å²) in [6.45, 7) is 3.72. The molecule has 146 valence electrons. The van der Waals surface area contributed by atoms with Crippen LogP contribution in [0.5, 0.6) is 5.75 Å².